The van der Waals surface area contributed by atoms with Crippen LogP contribution in [0.3, 0.4) is 0 Å². The molecule has 65 heavy (non-hydrogen) atoms. The molecule has 6 atom stereocenters. The predicted octanol–water partition coefficient (Wildman–Crippen LogP) is 9.30. The Balaban J connectivity index is 1.57. The lowest BCUT2D eigenvalue weighted by Crippen LogP contribution is -2.57. The van der Waals surface area contributed by atoms with Crippen LogP contribution in [0, 0.1) is 5.92 Å². The average Bonchev–Trinajstić information content (AvgIpc) is 3.65. The minimum atomic E-state index is -0.973. The first-order chi connectivity index (χ1) is 31.5. The number of carbonyl (C=O) groups is 3. The smallest absolute Gasteiger partial charge is 0.414 e. The Kier molecular flexibility index (Phi) is 20.8. The zero-order valence-electron chi connectivity index (χ0n) is 38.7. The van der Waals surface area contributed by atoms with Gasteiger partial charge in [-0.05, 0) is 68.5 Å². The molecule has 3 aliphatic rings. The number of hydrogen-bond donors (Lipinski definition) is 1. The minimum absolute atomic E-state index is 0.0702. The third kappa shape index (κ3) is 15.7. The summed E-state index contributed by atoms with van der Waals surface area (Å²) in [5.74, 6) is -0.172. The number of halogens is 1. The summed E-state index contributed by atoms with van der Waals surface area (Å²) in [6, 6.07) is 11.6. The Morgan fingerprint density at radius 1 is 0.938 bits per heavy atom. The van der Waals surface area contributed by atoms with Crippen molar-refractivity contribution in [3.63, 3.8) is 0 Å². The molecule has 2 heterocycles. The molecule has 0 radical (unpaired) electrons. The Morgan fingerprint density at radius 2 is 1.71 bits per heavy atom. The van der Waals surface area contributed by atoms with Gasteiger partial charge < -0.3 is 43.2 Å². The Bertz CT molecular complexity index is 1990. The summed E-state index contributed by atoms with van der Waals surface area (Å²) in [6.07, 6.45) is 17.2. The molecule has 2 aromatic carbocycles. The maximum Gasteiger partial charge on any atom is 0.414 e. The number of ether oxygens (including phenoxy) is 8. The lowest BCUT2D eigenvalue weighted by Gasteiger charge is -2.38. The standard InChI is InChI=1S/C51H67BrN2O11/c1-7-9-28-60-43-21-15-17-37-18-16-27-59-35-44(61-29-10-8-2)48(63-33-36-22-24-39(58-6)25-23-36)47(62-30-14-13-26-52)41(34-64-49(56)46(37)43)53-45(55)31-38-32-54(50(57)65-51(3,4)5)42-20-12-11-19-40(38)42/h11-25,32,40-42,44,47-48H,7-10,26-31,33-35H2,1-6H3,(H,53,55)/b14-13+,18-16+/t40?,41-,42?,44+,47+,48+/m0/s1. The number of fused-ring (bicyclic) bond motifs is 2. The number of methoxy groups -OCH3 is 1. The summed E-state index contributed by atoms with van der Waals surface area (Å²) in [4.78, 5) is 44.0. The number of unbranched alkanes of at least 4 members (excludes halogenated alkanes) is 2. The highest BCUT2D eigenvalue weighted by molar-refractivity contribution is 9.09. The number of hydrogen-bond acceptors (Lipinski definition) is 11. The van der Waals surface area contributed by atoms with Crippen LogP contribution in [-0.2, 0) is 39.8 Å². The van der Waals surface area contributed by atoms with E-state index < -0.39 is 42.0 Å². The molecule has 0 bridgehead atoms. The fourth-order valence-electron chi connectivity index (χ4n) is 7.57. The third-order valence-corrected chi connectivity index (χ3v) is 11.2. The highest BCUT2D eigenvalue weighted by Gasteiger charge is 2.42. The molecule has 13 nitrogen and oxygen atoms in total. The maximum atomic E-state index is 14.6. The van der Waals surface area contributed by atoms with Crippen LogP contribution in [0.2, 0.25) is 0 Å². The third-order valence-electron chi connectivity index (χ3n) is 10.8. The number of nitrogens with zero attached hydrogens (tertiary/aromatic N) is 1. The molecule has 2 unspecified atom stereocenters. The van der Waals surface area contributed by atoms with Crippen molar-refractivity contribution in [2.24, 2.45) is 5.92 Å². The number of esters is 1. The number of rotatable bonds is 19. The van der Waals surface area contributed by atoms with E-state index >= 15 is 0 Å². The van der Waals surface area contributed by atoms with Crippen LogP contribution in [0.25, 0.3) is 6.08 Å². The minimum Gasteiger partial charge on any atom is -0.497 e. The van der Waals surface area contributed by atoms with Crippen molar-refractivity contribution >= 4 is 40.0 Å². The molecular weight excluding hydrogens is 896 g/mol. The molecule has 0 aromatic heterocycles. The molecule has 0 saturated carbocycles. The molecular formula is C51H67BrN2O11. The van der Waals surface area contributed by atoms with Crippen molar-refractivity contribution in [3.8, 4) is 11.5 Å². The summed E-state index contributed by atoms with van der Waals surface area (Å²) < 4.78 is 50.0. The number of benzene rings is 2. The highest BCUT2D eigenvalue weighted by atomic mass is 79.9. The zero-order valence-corrected chi connectivity index (χ0v) is 40.3. The topological polar surface area (TPSA) is 140 Å². The van der Waals surface area contributed by atoms with E-state index in [1.54, 1.807) is 19.4 Å². The molecule has 2 aromatic rings. The molecule has 0 spiro atoms. The largest absolute Gasteiger partial charge is 0.497 e. The average molecular weight is 964 g/mol. The van der Waals surface area contributed by atoms with Gasteiger partial charge in [0.15, 0.2) is 0 Å². The van der Waals surface area contributed by atoms with Crippen molar-refractivity contribution < 1.29 is 52.3 Å². The maximum absolute atomic E-state index is 14.6. The summed E-state index contributed by atoms with van der Waals surface area (Å²) in [6.45, 7) is 10.8. The predicted molar refractivity (Wildman–Crippen MR) is 254 cm³/mol. The highest BCUT2D eigenvalue weighted by Crippen LogP contribution is 2.36. The number of allylic oxidation sites excluding steroid dienone is 3. The second kappa shape index (κ2) is 26.4. The number of amides is 2. The molecule has 2 aliphatic heterocycles. The van der Waals surface area contributed by atoms with Crippen molar-refractivity contribution in [3.05, 3.63) is 113 Å². The Morgan fingerprint density at radius 3 is 2.45 bits per heavy atom. The van der Waals surface area contributed by atoms with E-state index in [1.165, 1.54) is 4.90 Å². The molecule has 1 N–H and O–H groups in total. The van der Waals surface area contributed by atoms with Gasteiger partial charge in [-0.3, -0.25) is 9.69 Å². The monoisotopic (exact) mass is 962 g/mol. The Labute approximate surface area is 393 Å². The summed E-state index contributed by atoms with van der Waals surface area (Å²) in [7, 11) is 1.61. The summed E-state index contributed by atoms with van der Waals surface area (Å²) in [5.41, 5.74) is 1.72. The molecule has 1 aliphatic carbocycles. The van der Waals surface area contributed by atoms with E-state index in [-0.39, 0.29) is 62.9 Å². The lowest BCUT2D eigenvalue weighted by atomic mass is 9.89. The SMILES string of the molecule is CCCCOc1cccc2c1C(=O)OC[C@H](NC(=O)CC1=CN(C(=O)OC(C)(C)C)C3C=CC=CC13)[C@@H](OC/C=C/CBr)[C@H](OCc1ccc(OC)cc1)[C@H](OCCCC)COC/C=C/2. The first-order valence-corrected chi connectivity index (χ1v) is 23.8. The van der Waals surface area contributed by atoms with Gasteiger partial charge in [-0.1, -0.05) is 115 Å². The zero-order chi connectivity index (χ0) is 46.6. The van der Waals surface area contributed by atoms with Gasteiger partial charge >= 0.3 is 12.1 Å². The van der Waals surface area contributed by atoms with E-state index in [0.717, 1.165) is 31.2 Å². The van der Waals surface area contributed by atoms with Gasteiger partial charge in [-0.25, -0.2) is 9.59 Å². The van der Waals surface area contributed by atoms with Crippen LogP contribution in [0.5, 0.6) is 11.5 Å². The second-order valence-electron chi connectivity index (χ2n) is 17.0. The van der Waals surface area contributed by atoms with Gasteiger partial charge in [0, 0.05) is 30.5 Å². The Hall–Kier alpha value is -4.73. The quantitative estimate of drug-likeness (QED) is 0.0624. The molecule has 2 amide bonds. The summed E-state index contributed by atoms with van der Waals surface area (Å²) in [5, 5.41) is 3.80. The lowest BCUT2D eigenvalue weighted by molar-refractivity contribution is -0.168. The van der Waals surface area contributed by atoms with Gasteiger partial charge in [-0.2, -0.15) is 0 Å². The number of nitrogens with one attached hydrogen (secondary N) is 1. The van der Waals surface area contributed by atoms with Gasteiger partial charge in [0.25, 0.3) is 0 Å². The van der Waals surface area contributed by atoms with Gasteiger partial charge in [0.2, 0.25) is 5.91 Å². The van der Waals surface area contributed by atoms with E-state index in [0.29, 0.717) is 41.2 Å². The van der Waals surface area contributed by atoms with Crippen LogP contribution in [0.15, 0.2) is 96.8 Å². The van der Waals surface area contributed by atoms with Crippen LogP contribution >= 0.6 is 15.9 Å². The van der Waals surface area contributed by atoms with E-state index in [2.05, 4.69) is 35.1 Å². The number of alkyl halides is 1. The van der Waals surface area contributed by atoms with Crippen molar-refractivity contribution in [1.82, 2.24) is 10.2 Å². The van der Waals surface area contributed by atoms with Crippen LogP contribution < -0.4 is 14.8 Å². The molecule has 0 saturated heterocycles. The van der Waals surface area contributed by atoms with E-state index in [4.69, 9.17) is 37.9 Å². The molecule has 354 valence electrons. The van der Waals surface area contributed by atoms with E-state index in [9.17, 15) is 14.4 Å². The van der Waals surface area contributed by atoms with Crippen LogP contribution in [0.4, 0.5) is 4.79 Å². The van der Waals surface area contributed by atoms with Crippen molar-refractivity contribution in [2.75, 3.05) is 52.1 Å². The van der Waals surface area contributed by atoms with Gasteiger partial charge in [0.1, 0.15) is 47.6 Å². The molecule has 0 fully saturated rings. The fraction of sp³-hybridized carbons (Fsp3) is 0.510. The summed E-state index contributed by atoms with van der Waals surface area (Å²) >= 11 is 3.46. The normalized spacial score (nSPS) is 22.9. The fourth-order valence-corrected chi connectivity index (χ4v) is 7.83. The first kappa shape index (κ1) is 51.3. The van der Waals surface area contributed by atoms with Gasteiger partial charge in [0.05, 0.1) is 52.2 Å². The first-order valence-electron chi connectivity index (χ1n) is 22.7. The molecule has 14 heteroatoms. The second-order valence-corrected chi connectivity index (χ2v) is 17.6. The van der Waals surface area contributed by atoms with Crippen LogP contribution in [0.1, 0.15) is 88.2 Å². The van der Waals surface area contributed by atoms with Crippen molar-refractivity contribution in [2.45, 2.75) is 109 Å². The number of cyclic esters (lactones) is 1. The van der Waals surface area contributed by atoms with Crippen molar-refractivity contribution in [1.29, 1.82) is 0 Å². The van der Waals surface area contributed by atoms with Gasteiger partial charge in [-0.15, -0.1) is 0 Å². The molecule has 5 rings (SSSR count). The van der Waals surface area contributed by atoms with E-state index in [1.807, 2.05) is 106 Å². The van der Waals surface area contributed by atoms with Crippen LogP contribution in [-0.4, -0.2) is 111 Å². The number of carbonyl (C=O) groups excluding carboxylic acids is 3.